The molecule has 2 aliphatic heterocycles. The predicted octanol–water partition coefficient (Wildman–Crippen LogP) is 1.74. The van der Waals surface area contributed by atoms with Crippen LogP contribution in [0.15, 0.2) is 24.3 Å². The molecule has 7 heteroatoms. The monoisotopic (exact) mass is 373 g/mol. The third kappa shape index (κ3) is 3.76. The molecule has 1 atom stereocenters. The molecule has 1 N–H and O–H groups in total. The standard InChI is InChI=1S/C20H28BNO5/c1-6-25-17(24)20(12-11-16(23)22-20)13-14-7-9-15(10-8-14)21-26-18(2,3)19(4,5)27-21/h7-10H,6,11-13H2,1-5H3,(H,22,23). The van der Waals surface area contributed by atoms with Gasteiger partial charge in [-0.15, -0.1) is 0 Å². The van der Waals surface area contributed by atoms with Crippen molar-refractivity contribution in [3.05, 3.63) is 29.8 Å². The summed E-state index contributed by atoms with van der Waals surface area (Å²) in [6.45, 7) is 10.1. The molecule has 0 spiro atoms. The lowest BCUT2D eigenvalue weighted by Gasteiger charge is -2.32. The molecule has 1 aromatic rings. The van der Waals surface area contributed by atoms with E-state index in [1.807, 2.05) is 52.0 Å². The smallest absolute Gasteiger partial charge is 0.464 e. The zero-order valence-electron chi connectivity index (χ0n) is 16.8. The number of hydrogen-bond donors (Lipinski definition) is 1. The maximum absolute atomic E-state index is 12.5. The molecule has 0 aromatic heterocycles. The summed E-state index contributed by atoms with van der Waals surface area (Å²) in [6.07, 6.45) is 1.19. The molecule has 1 aromatic carbocycles. The zero-order valence-corrected chi connectivity index (χ0v) is 16.8. The first-order valence-corrected chi connectivity index (χ1v) is 9.51. The van der Waals surface area contributed by atoms with E-state index < -0.39 is 23.9 Å². The van der Waals surface area contributed by atoms with Crippen molar-refractivity contribution in [3.63, 3.8) is 0 Å². The number of amides is 1. The van der Waals surface area contributed by atoms with E-state index >= 15 is 0 Å². The second-order valence-electron chi connectivity index (χ2n) is 8.36. The maximum atomic E-state index is 12.5. The van der Waals surface area contributed by atoms with Crippen molar-refractivity contribution >= 4 is 24.5 Å². The lowest BCUT2D eigenvalue weighted by atomic mass is 9.78. The van der Waals surface area contributed by atoms with Crippen LogP contribution in [0.1, 0.15) is 53.0 Å². The van der Waals surface area contributed by atoms with Crippen LogP contribution in [0.5, 0.6) is 0 Å². The number of benzene rings is 1. The molecule has 1 amide bonds. The van der Waals surface area contributed by atoms with E-state index in [1.54, 1.807) is 6.92 Å². The summed E-state index contributed by atoms with van der Waals surface area (Å²) in [6, 6.07) is 7.80. The quantitative estimate of drug-likeness (QED) is 0.629. The van der Waals surface area contributed by atoms with Gasteiger partial charge in [-0.05, 0) is 52.1 Å². The minimum Gasteiger partial charge on any atom is -0.464 e. The lowest BCUT2D eigenvalue weighted by molar-refractivity contribution is -0.151. The summed E-state index contributed by atoms with van der Waals surface area (Å²) < 4.78 is 17.4. The SMILES string of the molecule is CCOC(=O)C1(Cc2ccc(B3OC(C)(C)C(C)(C)O3)cc2)CCC(=O)N1. The number of nitrogens with one attached hydrogen (secondary N) is 1. The van der Waals surface area contributed by atoms with Gasteiger partial charge < -0.3 is 19.4 Å². The molecule has 27 heavy (non-hydrogen) atoms. The van der Waals surface area contributed by atoms with Crippen molar-refractivity contribution < 1.29 is 23.6 Å². The van der Waals surface area contributed by atoms with Gasteiger partial charge in [0.2, 0.25) is 5.91 Å². The van der Waals surface area contributed by atoms with Gasteiger partial charge in [0.25, 0.3) is 0 Å². The van der Waals surface area contributed by atoms with E-state index in [1.165, 1.54) is 0 Å². The molecule has 0 radical (unpaired) electrons. The zero-order chi connectivity index (χ0) is 19.9. The molecule has 2 fully saturated rings. The van der Waals surface area contributed by atoms with Crippen LogP contribution in [0.3, 0.4) is 0 Å². The second-order valence-corrected chi connectivity index (χ2v) is 8.36. The van der Waals surface area contributed by atoms with Gasteiger partial charge in [0.15, 0.2) is 0 Å². The molecule has 146 valence electrons. The summed E-state index contributed by atoms with van der Waals surface area (Å²) >= 11 is 0. The summed E-state index contributed by atoms with van der Waals surface area (Å²) in [5.74, 6) is -0.484. The van der Waals surface area contributed by atoms with Crippen LogP contribution in [0, 0.1) is 0 Å². The Morgan fingerprint density at radius 1 is 1.15 bits per heavy atom. The van der Waals surface area contributed by atoms with Gasteiger partial charge in [0, 0.05) is 12.8 Å². The lowest BCUT2D eigenvalue weighted by Crippen LogP contribution is -2.51. The molecule has 3 rings (SSSR count). The average molecular weight is 373 g/mol. The first-order valence-electron chi connectivity index (χ1n) is 9.51. The first-order chi connectivity index (χ1) is 12.6. The molecule has 0 aliphatic carbocycles. The molecule has 0 saturated carbocycles. The Morgan fingerprint density at radius 3 is 2.22 bits per heavy atom. The average Bonchev–Trinajstić information content (AvgIpc) is 3.06. The second kappa shape index (κ2) is 6.95. The van der Waals surface area contributed by atoms with Crippen LogP contribution >= 0.6 is 0 Å². The molecule has 2 aliphatic rings. The van der Waals surface area contributed by atoms with Gasteiger partial charge in [-0.3, -0.25) is 4.79 Å². The molecule has 2 heterocycles. The number of rotatable bonds is 5. The fourth-order valence-electron chi connectivity index (χ4n) is 3.47. The molecule has 0 bridgehead atoms. The highest BCUT2D eigenvalue weighted by Crippen LogP contribution is 2.36. The van der Waals surface area contributed by atoms with Gasteiger partial charge >= 0.3 is 13.1 Å². The number of hydrogen-bond acceptors (Lipinski definition) is 5. The minimum absolute atomic E-state index is 0.114. The normalized spacial score (nSPS) is 26.1. The van der Waals surface area contributed by atoms with E-state index in [0.717, 1.165) is 11.0 Å². The Labute approximate surface area is 161 Å². The maximum Gasteiger partial charge on any atom is 0.494 e. The van der Waals surface area contributed by atoms with Crippen LogP contribution in [-0.4, -0.2) is 42.3 Å². The summed E-state index contributed by atoms with van der Waals surface area (Å²) in [7, 11) is -0.422. The van der Waals surface area contributed by atoms with E-state index in [0.29, 0.717) is 19.3 Å². The van der Waals surface area contributed by atoms with Gasteiger partial charge in [-0.1, -0.05) is 24.3 Å². The van der Waals surface area contributed by atoms with Crippen LogP contribution in [-0.2, 0) is 30.1 Å². The number of ether oxygens (including phenoxy) is 1. The molecular formula is C20H28BNO5. The predicted molar refractivity (Wildman–Crippen MR) is 103 cm³/mol. The number of carbonyl (C=O) groups excluding carboxylic acids is 2. The Hall–Kier alpha value is -1.86. The Balaban J connectivity index is 1.75. The van der Waals surface area contributed by atoms with E-state index in [2.05, 4.69) is 5.32 Å². The highest BCUT2D eigenvalue weighted by Gasteiger charge is 2.51. The summed E-state index contributed by atoms with van der Waals surface area (Å²) in [5, 5.41) is 2.83. The van der Waals surface area contributed by atoms with Crippen LogP contribution in [0.4, 0.5) is 0 Å². The third-order valence-electron chi connectivity index (χ3n) is 5.83. The largest absolute Gasteiger partial charge is 0.494 e. The summed E-state index contributed by atoms with van der Waals surface area (Å²) in [5.41, 5.74) is 0.124. The van der Waals surface area contributed by atoms with Crippen molar-refractivity contribution in [2.75, 3.05) is 6.61 Å². The Morgan fingerprint density at radius 2 is 1.74 bits per heavy atom. The van der Waals surface area contributed by atoms with E-state index in [-0.39, 0.29) is 18.5 Å². The van der Waals surface area contributed by atoms with Crippen molar-refractivity contribution in [2.24, 2.45) is 0 Å². The fraction of sp³-hybridized carbons (Fsp3) is 0.600. The van der Waals surface area contributed by atoms with Crippen LogP contribution < -0.4 is 10.8 Å². The highest BCUT2D eigenvalue weighted by molar-refractivity contribution is 6.62. The Kier molecular flexibility index (Phi) is 5.12. The highest BCUT2D eigenvalue weighted by atomic mass is 16.7. The van der Waals surface area contributed by atoms with Crippen molar-refractivity contribution in [1.29, 1.82) is 0 Å². The molecular weight excluding hydrogens is 345 g/mol. The van der Waals surface area contributed by atoms with Crippen molar-refractivity contribution in [2.45, 2.75) is 70.6 Å². The molecule has 2 saturated heterocycles. The van der Waals surface area contributed by atoms with E-state index in [9.17, 15) is 9.59 Å². The van der Waals surface area contributed by atoms with Gasteiger partial charge in [-0.25, -0.2) is 4.79 Å². The Bertz CT molecular complexity index is 714. The molecule has 6 nitrogen and oxygen atoms in total. The third-order valence-corrected chi connectivity index (χ3v) is 5.83. The summed E-state index contributed by atoms with van der Waals surface area (Å²) in [4.78, 5) is 24.2. The number of carbonyl (C=O) groups is 2. The number of esters is 1. The topological polar surface area (TPSA) is 73.9 Å². The van der Waals surface area contributed by atoms with Crippen LogP contribution in [0.25, 0.3) is 0 Å². The van der Waals surface area contributed by atoms with Crippen LogP contribution in [0.2, 0.25) is 0 Å². The molecule has 1 unspecified atom stereocenters. The van der Waals surface area contributed by atoms with Gasteiger partial charge in [0.1, 0.15) is 5.54 Å². The minimum atomic E-state index is -0.973. The van der Waals surface area contributed by atoms with Gasteiger partial charge in [-0.2, -0.15) is 0 Å². The van der Waals surface area contributed by atoms with Gasteiger partial charge in [0.05, 0.1) is 17.8 Å². The first kappa shape index (κ1) is 19.9. The van der Waals surface area contributed by atoms with Crippen molar-refractivity contribution in [1.82, 2.24) is 5.32 Å². The van der Waals surface area contributed by atoms with Crippen molar-refractivity contribution in [3.8, 4) is 0 Å². The van der Waals surface area contributed by atoms with E-state index in [4.69, 9.17) is 14.0 Å². The fourth-order valence-corrected chi connectivity index (χ4v) is 3.47.